The second-order valence-corrected chi connectivity index (χ2v) is 3.98. The third-order valence-electron chi connectivity index (χ3n) is 2.84. The predicted octanol–water partition coefficient (Wildman–Crippen LogP) is -0.893. The first-order chi connectivity index (χ1) is 6.58. The molecule has 0 bridgehead atoms. The maximum atomic E-state index is 11.3. The molecule has 1 aliphatic carbocycles. The Morgan fingerprint density at radius 3 is 2.36 bits per heavy atom. The van der Waals surface area contributed by atoms with E-state index < -0.39 is 5.91 Å². The summed E-state index contributed by atoms with van der Waals surface area (Å²) in [6, 6.07) is 0. The summed E-state index contributed by atoms with van der Waals surface area (Å²) in [7, 11) is 0. The minimum absolute atomic E-state index is 0.0122. The van der Waals surface area contributed by atoms with E-state index in [2.05, 4.69) is 5.32 Å². The Morgan fingerprint density at radius 1 is 1.36 bits per heavy atom. The molecule has 5 nitrogen and oxygen atoms in total. The van der Waals surface area contributed by atoms with Gasteiger partial charge in [0.25, 0.3) is 0 Å². The van der Waals surface area contributed by atoms with Gasteiger partial charge in [-0.3, -0.25) is 9.59 Å². The number of hydrogen-bond acceptors (Lipinski definition) is 3. The average Bonchev–Trinajstić information content (AvgIpc) is 2.08. The van der Waals surface area contributed by atoms with Crippen LogP contribution in [0.1, 0.15) is 25.7 Å². The van der Waals surface area contributed by atoms with Crippen molar-refractivity contribution in [3.8, 4) is 0 Å². The Balaban J connectivity index is 2.28. The van der Waals surface area contributed by atoms with Gasteiger partial charge in [0, 0.05) is 6.42 Å². The van der Waals surface area contributed by atoms with E-state index in [0.717, 1.165) is 19.3 Å². The van der Waals surface area contributed by atoms with Crippen molar-refractivity contribution in [1.82, 2.24) is 5.32 Å². The van der Waals surface area contributed by atoms with Crippen LogP contribution in [0.2, 0.25) is 0 Å². The quantitative estimate of drug-likeness (QED) is 0.535. The van der Waals surface area contributed by atoms with Crippen LogP contribution in [0, 0.1) is 5.41 Å². The molecular weight excluding hydrogens is 182 g/mol. The number of primary amides is 1. The van der Waals surface area contributed by atoms with Gasteiger partial charge in [-0.15, -0.1) is 0 Å². The average molecular weight is 199 g/mol. The fourth-order valence-corrected chi connectivity index (χ4v) is 1.72. The maximum Gasteiger partial charge on any atom is 0.236 e. The molecule has 0 aliphatic heterocycles. The predicted molar refractivity (Wildman–Crippen MR) is 52.2 cm³/mol. The molecule has 0 radical (unpaired) electrons. The first-order valence-electron chi connectivity index (χ1n) is 4.83. The van der Waals surface area contributed by atoms with E-state index in [1.165, 1.54) is 0 Å². The summed E-state index contributed by atoms with van der Waals surface area (Å²) in [5.74, 6) is -0.650. The van der Waals surface area contributed by atoms with Gasteiger partial charge in [-0.2, -0.15) is 0 Å². The van der Waals surface area contributed by atoms with Gasteiger partial charge in [-0.05, 0) is 24.8 Å². The van der Waals surface area contributed by atoms with Crippen molar-refractivity contribution >= 4 is 11.8 Å². The molecule has 0 aromatic heterocycles. The third-order valence-corrected chi connectivity index (χ3v) is 2.84. The number of hydrogen-bond donors (Lipinski definition) is 3. The first kappa shape index (κ1) is 11.0. The summed E-state index contributed by atoms with van der Waals surface area (Å²) in [6.07, 6.45) is 3.57. The summed E-state index contributed by atoms with van der Waals surface area (Å²) in [5, 5.41) is 2.47. The molecule has 14 heavy (non-hydrogen) atoms. The van der Waals surface area contributed by atoms with Gasteiger partial charge in [0.2, 0.25) is 11.8 Å². The molecule has 5 N–H and O–H groups in total. The van der Waals surface area contributed by atoms with Crippen molar-refractivity contribution in [3.63, 3.8) is 0 Å². The van der Waals surface area contributed by atoms with E-state index in [0.29, 0.717) is 13.0 Å². The lowest BCUT2D eigenvalue weighted by Gasteiger charge is -2.40. The number of nitrogens with one attached hydrogen (secondary N) is 1. The fraction of sp³-hybridized carbons (Fsp3) is 0.778. The minimum atomic E-state index is -0.520. The van der Waals surface area contributed by atoms with Crippen molar-refractivity contribution < 1.29 is 9.59 Å². The summed E-state index contributed by atoms with van der Waals surface area (Å²) in [4.78, 5) is 21.7. The molecule has 2 amide bonds. The highest BCUT2D eigenvalue weighted by molar-refractivity contribution is 5.84. The first-order valence-corrected chi connectivity index (χ1v) is 4.83. The van der Waals surface area contributed by atoms with E-state index >= 15 is 0 Å². The van der Waals surface area contributed by atoms with Gasteiger partial charge >= 0.3 is 0 Å². The van der Waals surface area contributed by atoms with E-state index in [-0.39, 0.29) is 17.9 Å². The number of rotatable bonds is 5. The normalized spacial score (nSPS) is 18.4. The van der Waals surface area contributed by atoms with Crippen molar-refractivity contribution in [3.05, 3.63) is 0 Å². The second-order valence-electron chi connectivity index (χ2n) is 3.98. The van der Waals surface area contributed by atoms with Gasteiger partial charge in [0.1, 0.15) is 0 Å². The van der Waals surface area contributed by atoms with Gasteiger partial charge in [-0.1, -0.05) is 6.42 Å². The van der Waals surface area contributed by atoms with Crippen LogP contribution in [-0.2, 0) is 9.59 Å². The van der Waals surface area contributed by atoms with Gasteiger partial charge in [0.05, 0.1) is 6.54 Å². The summed E-state index contributed by atoms with van der Waals surface area (Å²) in [6.45, 7) is 0.455. The Morgan fingerprint density at radius 2 is 2.00 bits per heavy atom. The zero-order valence-electron chi connectivity index (χ0n) is 8.21. The number of nitrogens with two attached hydrogens (primary N) is 2. The fourth-order valence-electron chi connectivity index (χ4n) is 1.72. The van der Waals surface area contributed by atoms with Crippen LogP contribution in [0.3, 0.4) is 0 Å². The third kappa shape index (κ3) is 2.70. The molecule has 0 spiro atoms. The molecule has 5 heteroatoms. The van der Waals surface area contributed by atoms with Crippen LogP contribution in [0.5, 0.6) is 0 Å². The highest BCUT2D eigenvalue weighted by atomic mass is 16.2. The van der Waals surface area contributed by atoms with E-state index in [4.69, 9.17) is 11.5 Å². The van der Waals surface area contributed by atoms with Crippen LogP contribution in [0.4, 0.5) is 0 Å². The molecule has 80 valence electrons. The Bertz CT molecular complexity index is 231. The van der Waals surface area contributed by atoms with Crippen molar-refractivity contribution in [2.24, 2.45) is 16.9 Å². The lowest BCUT2D eigenvalue weighted by atomic mass is 9.66. The van der Waals surface area contributed by atoms with E-state index in [9.17, 15) is 9.59 Å². The van der Waals surface area contributed by atoms with E-state index in [1.807, 2.05) is 0 Å². The number of carbonyl (C=O) groups excluding carboxylic acids is 2. The van der Waals surface area contributed by atoms with Crippen LogP contribution < -0.4 is 16.8 Å². The van der Waals surface area contributed by atoms with Crippen LogP contribution >= 0.6 is 0 Å². The summed E-state index contributed by atoms with van der Waals surface area (Å²) >= 11 is 0. The summed E-state index contributed by atoms with van der Waals surface area (Å²) in [5.41, 5.74) is 10.5. The Labute approximate surface area is 83.2 Å². The highest BCUT2D eigenvalue weighted by Gasteiger charge is 2.37. The Hall–Kier alpha value is -1.10. The largest absolute Gasteiger partial charge is 0.368 e. The zero-order chi connectivity index (χ0) is 10.6. The van der Waals surface area contributed by atoms with Crippen LogP contribution in [0.15, 0.2) is 0 Å². The Kier molecular flexibility index (Phi) is 3.46. The lowest BCUT2D eigenvalue weighted by molar-refractivity contribution is -0.127. The molecule has 1 saturated carbocycles. The lowest BCUT2D eigenvalue weighted by Crippen LogP contribution is -2.43. The SMILES string of the molecule is NCC1(CC(=O)NCC(N)=O)CCC1. The van der Waals surface area contributed by atoms with Gasteiger partial charge < -0.3 is 16.8 Å². The second kappa shape index (κ2) is 4.41. The molecule has 1 aliphatic rings. The minimum Gasteiger partial charge on any atom is -0.368 e. The van der Waals surface area contributed by atoms with Gasteiger partial charge in [-0.25, -0.2) is 0 Å². The number of amides is 2. The smallest absolute Gasteiger partial charge is 0.236 e. The van der Waals surface area contributed by atoms with Crippen molar-refractivity contribution in [2.45, 2.75) is 25.7 Å². The highest BCUT2D eigenvalue weighted by Crippen LogP contribution is 2.42. The molecule has 0 unspecified atom stereocenters. The molecule has 0 atom stereocenters. The van der Waals surface area contributed by atoms with Crippen molar-refractivity contribution in [2.75, 3.05) is 13.1 Å². The molecule has 1 fully saturated rings. The monoisotopic (exact) mass is 199 g/mol. The summed E-state index contributed by atoms with van der Waals surface area (Å²) < 4.78 is 0. The molecule has 0 aromatic rings. The molecule has 0 saturated heterocycles. The molecule has 0 aromatic carbocycles. The molecule has 1 rings (SSSR count). The van der Waals surface area contributed by atoms with Gasteiger partial charge in [0.15, 0.2) is 0 Å². The van der Waals surface area contributed by atoms with E-state index in [1.54, 1.807) is 0 Å². The maximum absolute atomic E-state index is 11.3. The van der Waals surface area contributed by atoms with Crippen LogP contribution in [-0.4, -0.2) is 24.9 Å². The molecular formula is C9H17N3O2. The van der Waals surface area contributed by atoms with Crippen molar-refractivity contribution in [1.29, 1.82) is 0 Å². The van der Waals surface area contributed by atoms with Crippen LogP contribution in [0.25, 0.3) is 0 Å². The topological polar surface area (TPSA) is 98.2 Å². The molecule has 0 heterocycles. The number of carbonyl (C=O) groups is 2. The zero-order valence-corrected chi connectivity index (χ0v) is 8.21. The standard InChI is InChI=1S/C9H17N3O2/c10-6-9(2-1-3-9)4-8(14)12-5-7(11)13/h1-6,10H2,(H2,11,13)(H,12,14).